The monoisotopic (exact) mass is 470 g/mol. The first-order chi connectivity index (χ1) is 15.5. The molecule has 180 valence electrons. The molecule has 0 spiro atoms. The number of carbonyl (C=O) groups is 1. The smallest absolute Gasteiger partial charge is 0.303 e. The zero-order valence-corrected chi connectivity index (χ0v) is 21.8. The number of rotatable bonds is 7. The number of hydrogen-bond acceptors (Lipinski definition) is 5. The van der Waals surface area contributed by atoms with Crippen LogP contribution >= 0.6 is 0 Å². The number of methoxy groups -OCH3 is 1. The number of benzene rings is 1. The van der Waals surface area contributed by atoms with Crippen LogP contribution in [0.3, 0.4) is 0 Å². The van der Waals surface area contributed by atoms with E-state index in [9.17, 15) is 9.90 Å². The van der Waals surface area contributed by atoms with Crippen LogP contribution in [0.5, 0.6) is 5.75 Å². The third kappa shape index (κ3) is 4.81. The fourth-order valence-electron chi connectivity index (χ4n) is 5.32. The van der Waals surface area contributed by atoms with E-state index in [2.05, 4.69) is 55.9 Å². The molecule has 2 aromatic rings. The van der Waals surface area contributed by atoms with E-state index in [0.29, 0.717) is 5.92 Å². The minimum atomic E-state index is -2.09. The quantitative estimate of drug-likeness (QED) is 0.540. The van der Waals surface area contributed by atoms with Crippen LogP contribution in [-0.4, -0.2) is 55.5 Å². The zero-order valence-electron chi connectivity index (χ0n) is 20.8. The predicted octanol–water partition coefficient (Wildman–Crippen LogP) is 5.49. The number of nitrogens with zero attached hydrogens (tertiary/aromatic N) is 2. The van der Waals surface area contributed by atoms with E-state index >= 15 is 0 Å². The molecule has 3 aliphatic rings. The molecule has 1 aromatic heterocycles. The SMILES string of the molecule is COc1ccc2nccc([C@@H](O[Si](C)(C)C(C)(C)C)[C@@H]3C[C@@H]4CCN3C[C@@H]4CC(=O)O)c2c1. The lowest BCUT2D eigenvalue weighted by Gasteiger charge is -2.53. The topological polar surface area (TPSA) is 71.9 Å². The van der Waals surface area contributed by atoms with Gasteiger partial charge in [0, 0.05) is 30.6 Å². The Balaban J connectivity index is 1.76. The molecule has 1 N–H and O–H groups in total. The van der Waals surface area contributed by atoms with Gasteiger partial charge >= 0.3 is 5.97 Å². The van der Waals surface area contributed by atoms with Crippen molar-refractivity contribution in [1.29, 1.82) is 0 Å². The van der Waals surface area contributed by atoms with Crippen molar-refractivity contribution in [3.05, 3.63) is 36.0 Å². The van der Waals surface area contributed by atoms with E-state index < -0.39 is 14.3 Å². The summed E-state index contributed by atoms with van der Waals surface area (Å²) in [5, 5.41) is 10.6. The highest BCUT2D eigenvalue weighted by atomic mass is 28.4. The van der Waals surface area contributed by atoms with Crippen LogP contribution in [0.2, 0.25) is 18.1 Å². The van der Waals surface area contributed by atoms with Gasteiger partial charge in [-0.3, -0.25) is 14.7 Å². The highest BCUT2D eigenvalue weighted by Crippen LogP contribution is 2.47. The lowest BCUT2D eigenvalue weighted by atomic mass is 9.72. The molecule has 4 heterocycles. The van der Waals surface area contributed by atoms with Crippen LogP contribution in [0.15, 0.2) is 30.5 Å². The normalized spacial score (nSPS) is 26.4. The predicted molar refractivity (Wildman–Crippen MR) is 133 cm³/mol. The molecule has 1 aromatic carbocycles. The van der Waals surface area contributed by atoms with Crippen molar-refractivity contribution >= 4 is 25.2 Å². The second-order valence-corrected chi connectivity index (χ2v) is 16.0. The number of fused-ring (bicyclic) bond motifs is 4. The molecular formula is C26H38N2O4Si. The molecule has 3 saturated heterocycles. The van der Waals surface area contributed by atoms with Gasteiger partial charge in [-0.05, 0) is 79.2 Å². The average molecular weight is 471 g/mol. The molecule has 5 rings (SSSR count). The minimum absolute atomic E-state index is 0.0840. The van der Waals surface area contributed by atoms with Crippen molar-refractivity contribution < 1.29 is 19.1 Å². The Morgan fingerprint density at radius 2 is 2.06 bits per heavy atom. The van der Waals surface area contributed by atoms with Crippen LogP contribution in [0.4, 0.5) is 0 Å². The van der Waals surface area contributed by atoms with Gasteiger partial charge in [0.2, 0.25) is 0 Å². The number of carboxylic acids is 1. The number of pyridine rings is 1. The molecule has 3 aliphatic heterocycles. The fourth-order valence-corrected chi connectivity index (χ4v) is 6.59. The number of piperidine rings is 3. The number of aliphatic carboxylic acids is 1. The second kappa shape index (κ2) is 9.00. The van der Waals surface area contributed by atoms with E-state index in [1.165, 1.54) is 0 Å². The van der Waals surface area contributed by atoms with Crippen LogP contribution < -0.4 is 4.74 Å². The second-order valence-electron chi connectivity index (χ2n) is 11.3. The van der Waals surface area contributed by atoms with Crippen molar-refractivity contribution in [3.63, 3.8) is 0 Å². The third-order valence-corrected chi connectivity index (χ3v) is 12.7. The Kier molecular flexibility index (Phi) is 6.59. The standard InChI is InChI=1S/C26H38N2O4Si/c1-26(2,3)33(5,6)32-25(20-9-11-27-22-8-7-19(31-4)15-21(20)22)23-13-17-10-12-28(23)16-18(17)14-24(29)30/h7-9,11,15,17-18,23,25H,10,12-14,16H2,1-6H3,(H,29,30)/t17-,18-,23-,25+/m0/s1. The summed E-state index contributed by atoms with van der Waals surface area (Å²) in [7, 11) is -0.397. The molecule has 33 heavy (non-hydrogen) atoms. The van der Waals surface area contributed by atoms with Gasteiger partial charge in [0.15, 0.2) is 8.32 Å². The zero-order chi connectivity index (χ0) is 24.0. The summed E-state index contributed by atoms with van der Waals surface area (Å²) in [4.78, 5) is 18.5. The Morgan fingerprint density at radius 1 is 1.30 bits per heavy atom. The van der Waals surface area contributed by atoms with Crippen molar-refractivity contribution in [1.82, 2.24) is 9.88 Å². The van der Waals surface area contributed by atoms with E-state index in [4.69, 9.17) is 9.16 Å². The van der Waals surface area contributed by atoms with Gasteiger partial charge in [0.05, 0.1) is 18.7 Å². The summed E-state index contributed by atoms with van der Waals surface area (Å²) in [5.74, 6) is 0.793. The molecule has 7 heteroatoms. The van der Waals surface area contributed by atoms with E-state index in [1.54, 1.807) is 7.11 Å². The Morgan fingerprint density at radius 3 is 2.67 bits per heavy atom. The number of ether oxygens (including phenoxy) is 1. The van der Waals surface area contributed by atoms with E-state index in [1.807, 2.05) is 18.3 Å². The van der Waals surface area contributed by atoms with Gasteiger partial charge in [-0.1, -0.05) is 20.8 Å². The molecular weight excluding hydrogens is 432 g/mol. The van der Waals surface area contributed by atoms with Gasteiger partial charge in [-0.25, -0.2) is 0 Å². The van der Waals surface area contributed by atoms with Crippen molar-refractivity contribution in [2.24, 2.45) is 11.8 Å². The van der Waals surface area contributed by atoms with Crippen LogP contribution in [-0.2, 0) is 9.22 Å². The Hall–Kier alpha value is -1.96. The maximum Gasteiger partial charge on any atom is 0.303 e. The van der Waals surface area contributed by atoms with Crippen LogP contribution in [0, 0.1) is 11.8 Å². The summed E-state index contributed by atoms with van der Waals surface area (Å²) in [5.41, 5.74) is 2.10. The molecule has 5 atom stereocenters. The average Bonchev–Trinajstić information content (AvgIpc) is 2.76. The summed E-state index contributed by atoms with van der Waals surface area (Å²) < 4.78 is 12.7. The Labute approximate surface area is 198 Å². The number of carboxylic acid groups (broad SMARTS) is 1. The fraction of sp³-hybridized carbons (Fsp3) is 0.615. The molecule has 0 saturated carbocycles. The maximum atomic E-state index is 11.4. The van der Waals surface area contributed by atoms with Gasteiger partial charge in [0.1, 0.15) is 5.75 Å². The summed E-state index contributed by atoms with van der Waals surface area (Å²) in [6.45, 7) is 13.3. The highest BCUT2D eigenvalue weighted by molar-refractivity contribution is 6.74. The van der Waals surface area contributed by atoms with Crippen molar-refractivity contribution in [2.75, 3.05) is 20.2 Å². The lowest BCUT2D eigenvalue weighted by molar-refractivity contribution is -0.141. The van der Waals surface area contributed by atoms with Crippen molar-refractivity contribution in [2.45, 2.75) is 70.3 Å². The first-order valence-electron chi connectivity index (χ1n) is 12.1. The Bertz CT molecular complexity index is 1020. The third-order valence-electron chi connectivity index (χ3n) is 8.24. The lowest BCUT2D eigenvalue weighted by Crippen LogP contribution is -2.57. The first-order valence-corrected chi connectivity index (χ1v) is 15.0. The maximum absolute atomic E-state index is 11.4. The summed E-state index contributed by atoms with van der Waals surface area (Å²) >= 11 is 0. The molecule has 1 unspecified atom stereocenters. The van der Waals surface area contributed by atoms with Gasteiger partial charge < -0.3 is 14.3 Å². The molecule has 2 bridgehead atoms. The molecule has 0 amide bonds. The highest BCUT2D eigenvalue weighted by Gasteiger charge is 2.48. The summed E-state index contributed by atoms with van der Waals surface area (Å²) in [6, 6.07) is 8.38. The first kappa shape index (κ1) is 24.2. The van der Waals surface area contributed by atoms with Crippen LogP contribution in [0.1, 0.15) is 51.7 Å². The van der Waals surface area contributed by atoms with E-state index in [0.717, 1.165) is 48.1 Å². The van der Waals surface area contributed by atoms with E-state index in [-0.39, 0.29) is 29.5 Å². The van der Waals surface area contributed by atoms with Crippen molar-refractivity contribution in [3.8, 4) is 5.75 Å². The molecule has 3 fully saturated rings. The number of hydrogen-bond donors (Lipinski definition) is 1. The molecule has 0 radical (unpaired) electrons. The minimum Gasteiger partial charge on any atom is -0.497 e. The van der Waals surface area contributed by atoms with Gasteiger partial charge in [0.25, 0.3) is 0 Å². The van der Waals surface area contributed by atoms with Gasteiger partial charge in [-0.15, -0.1) is 0 Å². The van der Waals surface area contributed by atoms with Gasteiger partial charge in [-0.2, -0.15) is 0 Å². The molecule has 0 aliphatic carbocycles. The summed E-state index contributed by atoms with van der Waals surface area (Å²) in [6.07, 6.45) is 4.11. The molecule has 6 nitrogen and oxygen atoms in total. The van der Waals surface area contributed by atoms with Crippen LogP contribution in [0.25, 0.3) is 10.9 Å². The number of aromatic nitrogens is 1. The largest absolute Gasteiger partial charge is 0.497 e.